The van der Waals surface area contributed by atoms with Gasteiger partial charge in [0.1, 0.15) is 5.78 Å². The van der Waals surface area contributed by atoms with Crippen LogP contribution >= 0.6 is 11.6 Å². The number of ketones is 1. The molecule has 510 valence electrons. The number of carbonyl (C=O) groups is 1. The van der Waals surface area contributed by atoms with Gasteiger partial charge in [-0.25, -0.2) is 0 Å². The molecule has 4 radical (unpaired) electrons. The maximum Gasteiger partial charge on any atom is 1.00 e. The Morgan fingerprint density at radius 2 is 0.900 bits per heavy atom. The van der Waals surface area contributed by atoms with Gasteiger partial charge in [0.25, 0.3) is 0 Å². The van der Waals surface area contributed by atoms with E-state index in [1.54, 1.807) is 6.92 Å². The molecule has 0 amide bonds. The molecule has 90 heavy (non-hydrogen) atoms. The zero-order valence-corrected chi connectivity index (χ0v) is 69.2. The number of aliphatic hydroxyl groups is 1. The first-order valence-electron chi connectivity index (χ1n) is 35.3. The molecule has 0 bridgehead atoms. The monoisotopic (exact) mass is 1330 g/mol. The summed E-state index contributed by atoms with van der Waals surface area (Å²) in [6.07, 6.45) is 13.1. The Morgan fingerprint density at radius 3 is 1.22 bits per heavy atom. The minimum Gasteiger partial charge on any atom is -1.00 e. The largest absolute Gasteiger partial charge is 1.00 e. The van der Waals surface area contributed by atoms with Crippen molar-refractivity contribution in [2.45, 2.75) is 324 Å². The van der Waals surface area contributed by atoms with Crippen LogP contribution in [0.15, 0.2) is 72.8 Å². The molecule has 2 aromatic rings. The first kappa shape index (κ1) is 85.4. The number of halogens is 1. The van der Waals surface area contributed by atoms with Crippen LogP contribution in [0.2, 0.25) is 72.5 Å². The van der Waals surface area contributed by atoms with Crippen LogP contribution in [0.5, 0.6) is 0 Å². The molecule has 0 saturated heterocycles. The number of rotatable bonds is 16. The maximum atomic E-state index is 12.0. The number of benzene rings is 2. The van der Waals surface area contributed by atoms with Crippen molar-refractivity contribution in [3.63, 3.8) is 0 Å². The minimum atomic E-state index is -1.82. The molecule has 4 fully saturated rings. The summed E-state index contributed by atoms with van der Waals surface area (Å²) in [6, 6.07) is 17.9. The van der Waals surface area contributed by atoms with Gasteiger partial charge in [-0.15, -0.1) is 11.6 Å². The summed E-state index contributed by atoms with van der Waals surface area (Å²) in [7, 11) is 1.04. The van der Waals surface area contributed by atoms with Crippen LogP contribution in [0.25, 0.3) is 11.1 Å². The van der Waals surface area contributed by atoms with Crippen LogP contribution in [-0.4, -0.2) is 96.5 Å². The van der Waals surface area contributed by atoms with E-state index >= 15 is 0 Å². The molecular weight excluding hydrogens is 1190 g/mol. The average Bonchev–Trinajstić information content (AvgIpc) is 1.63. The third kappa shape index (κ3) is 23.5. The van der Waals surface area contributed by atoms with Crippen LogP contribution in [0.4, 0.5) is 0 Å². The van der Waals surface area contributed by atoms with Gasteiger partial charge in [-0.2, -0.15) is 0 Å². The van der Waals surface area contributed by atoms with Crippen molar-refractivity contribution in [2.75, 3.05) is 19.1 Å². The van der Waals surface area contributed by atoms with Gasteiger partial charge in [0.05, 0.1) is 18.8 Å². The fraction of sp³-hybridized carbons (Fsp3) is 0.776. The molecule has 6 nitrogen and oxygen atoms in total. The predicted octanol–water partition coefficient (Wildman–Crippen LogP) is 19.8. The van der Waals surface area contributed by atoms with Crippen molar-refractivity contribution in [2.24, 2.45) is 34.5 Å². The van der Waals surface area contributed by atoms with Gasteiger partial charge in [-0.1, -0.05) is 219 Å². The second kappa shape index (κ2) is 33.2. The van der Waals surface area contributed by atoms with Gasteiger partial charge >= 0.3 is 18.9 Å². The standard InChI is InChI=1S/C28H56O3Si2.C20H26.C18H34O2Si.C10H21ClOSi.B2.Li.H2.H/c1-21(20-30-32(10,11)25(2,3)4)19-28(9,29)24-17-16-22-23(15-14-18-27(22,24)8)31-33(12,13)26(5,6)7;1-19(2,3)17-11-7-15(8-12-17)16-9-13-18(14-10-16)20(4,5)6;1-13(19)14-10-11-15-16(9-8-12-18(14,15)5)20-21(6,7)17(2,3)4;1-9(7-11)8-12-13(5,6)10(2,3)4;1-2;;;/h22-24,29H,1,14-20H2,2-13H3;7-14H,1-6H3;14-16H,8-12H2,1-7H3;1,7-8H2,2-6H3;;;1H;/q;;;;;+1;;-1/t22-,23-,24-,27-,28-;;14-,15+,16+,18-;;;;;/m0.1...../s1/i;;;;;;1+2D;. The molecule has 0 aliphatic heterocycles. The van der Waals surface area contributed by atoms with E-state index in [-0.39, 0.29) is 73.9 Å². The topological polar surface area (TPSA) is 74.2 Å². The van der Waals surface area contributed by atoms with Crippen molar-refractivity contribution >= 4 is 66.1 Å². The van der Waals surface area contributed by atoms with Gasteiger partial charge in [0.2, 0.25) is 0 Å². The van der Waals surface area contributed by atoms with Crippen LogP contribution in [0.3, 0.4) is 0 Å². The van der Waals surface area contributed by atoms with Crippen LogP contribution in [0, 0.1) is 34.5 Å². The Kier molecular flexibility index (Phi) is 31.5. The number of hydrogen-bond donors (Lipinski definition) is 1. The molecule has 0 spiro atoms. The van der Waals surface area contributed by atoms with E-state index in [0.29, 0.717) is 55.3 Å². The molecule has 9 atom stereocenters. The third-order valence-electron chi connectivity index (χ3n) is 23.4. The fourth-order valence-electron chi connectivity index (χ4n) is 13.4. The quantitative estimate of drug-likeness (QED) is 0.103. The van der Waals surface area contributed by atoms with E-state index in [9.17, 15) is 9.90 Å². The van der Waals surface area contributed by atoms with Crippen molar-refractivity contribution < 1.29 is 50.9 Å². The Hall–Kier alpha value is -0.725. The average molecular weight is 1330 g/mol. The normalized spacial score (nSPS) is 25.0. The Morgan fingerprint density at radius 1 is 0.578 bits per heavy atom. The maximum absolute atomic E-state index is 12.0. The van der Waals surface area contributed by atoms with E-state index in [0.717, 1.165) is 24.0 Å². The van der Waals surface area contributed by atoms with Gasteiger partial charge in [0.15, 0.2) is 33.3 Å². The molecule has 6 rings (SSSR count). The molecule has 4 aliphatic rings. The second-order valence-corrected chi connectivity index (χ2v) is 56.0. The molecule has 4 saturated carbocycles. The van der Waals surface area contributed by atoms with Crippen LogP contribution < -0.4 is 18.9 Å². The summed E-state index contributed by atoms with van der Waals surface area (Å²) in [5.41, 5.74) is 7.34. The number of fused-ring (bicyclic) bond motifs is 2. The van der Waals surface area contributed by atoms with Crippen molar-refractivity contribution in [3.05, 3.63) is 84.0 Å². The van der Waals surface area contributed by atoms with Crippen LogP contribution in [-0.2, 0) is 33.3 Å². The molecule has 0 aromatic heterocycles. The smallest absolute Gasteiger partial charge is 1.00 e. The van der Waals surface area contributed by atoms with Crippen molar-refractivity contribution in [1.82, 2.24) is 0 Å². The van der Waals surface area contributed by atoms with Gasteiger partial charge in [-0.3, -0.25) is 4.79 Å². The Labute approximate surface area is 585 Å². The van der Waals surface area contributed by atoms with E-state index in [1.165, 1.54) is 73.6 Å². The minimum absolute atomic E-state index is 0. The van der Waals surface area contributed by atoms with E-state index in [4.69, 9.17) is 32.3 Å². The number of hydrogen-bond acceptors (Lipinski definition) is 6. The Bertz CT molecular complexity index is 2510. The summed E-state index contributed by atoms with van der Waals surface area (Å²) in [5.74, 6) is 2.59. The summed E-state index contributed by atoms with van der Waals surface area (Å²) in [5, 5.41) is 12.7. The molecule has 1 N–H and O–H groups in total. The molecular formula is C76H140B2ClLiO6Si4. The number of carbonyl (C=O) groups excluding carboxylic acids is 1. The first-order valence-corrected chi connectivity index (χ1v) is 46.5. The molecule has 0 unspecified atom stereocenters. The summed E-state index contributed by atoms with van der Waals surface area (Å²) in [6.45, 7) is 77.4. The van der Waals surface area contributed by atoms with Crippen molar-refractivity contribution in [3.8, 4) is 11.1 Å². The summed E-state index contributed by atoms with van der Waals surface area (Å²) >= 11 is 5.63. The van der Waals surface area contributed by atoms with Gasteiger partial charge < -0.3 is 24.2 Å². The zero-order chi connectivity index (χ0) is 71.4. The first-order chi connectivity index (χ1) is 41.0. The second-order valence-electron chi connectivity index (χ2n) is 36.6. The number of alkyl halides is 1. The molecule has 0 heterocycles. The molecule has 2 aromatic carbocycles. The summed E-state index contributed by atoms with van der Waals surface area (Å²) in [4.78, 5) is 12.0. The molecule has 4 aliphatic carbocycles. The molecule has 14 heteroatoms. The zero-order valence-electron chi connectivity index (χ0n) is 67.4. The van der Waals surface area contributed by atoms with E-state index in [1.807, 2.05) is 0 Å². The van der Waals surface area contributed by atoms with Crippen molar-refractivity contribution in [1.29, 1.82) is 0 Å². The van der Waals surface area contributed by atoms with E-state index in [2.05, 4.69) is 275 Å². The van der Waals surface area contributed by atoms with Gasteiger partial charge in [-0.05, 0) is 211 Å². The SMILES string of the molecule is C=C(CCl)CO[Si](C)(C)C(C)(C)C.C=C(CO[Si](C)(C)C(C)(C)C)C[C@](C)(O)[C@H]1CC[C@H]2[C@@H](O[Si](C)(C)C(C)(C)C)CCC[C@@]21C.CC(=O)[C@H]1CC[C@H]2[C@@H](O[Si](C)(C)C(C)(C)C)CCC[C@]12C.CC(C)(C)c1ccc(-c2ccc(C(C)(C)C)cc2)cc1.[2H][3H].[B][B].[H-].[Li+]. The Balaban J connectivity index is 0. The summed E-state index contributed by atoms with van der Waals surface area (Å²) < 4.78 is 36.1. The van der Waals surface area contributed by atoms with Crippen LogP contribution in [0.1, 0.15) is 238 Å². The van der Waals surface area contributed by atoms with Gasteiger partial charge in [0, 0.05) is 42.4 Å². The van der Waals surface area contributed by atoms with E-state index < -0.39 is 38.9 Å². The predicted molar refractivity (Wildman–Crippen MR) is 406 cm³/mol. The third-order valence-corrected chi connectivity index (χ3v) is 41.7. The fourth-order valence-corrected chi connectivity index (χ4v) is 18.2. The number of Topliss-reactive ketones (excluding diaryl/α,β-unsaturated/α-hetero) is 1.